The Hall–Kier alpha value is -1.05. The molecule has 2 heteroatoms. The zero-order chi connectivity index (χ0) is 9.52. The standard InChI is InChI=1S/C11H17NO/c1-10(13)12-9-5-8-11-6-3-2-4-7-11/h2-3,5,8,11H,4,6-7,9H2,1H3,(H,12,13)/b8-5+. The summed E-state index contributed by atoms with van der Waals surface area (Å²) < 4.78 is 0. The second kappa shape index (κ2) is 5.57. The van der Waals surface area contributed by atoms with E-state index in [1.54, 1.807) is 0 Å². The van der Waals surface area contributed by atoms with Gasteiger partial charge in [0, 0.05) is 13.5 Å². The molecule has 0 saturated carbocycles. The van der Waals surface area contributed by atoms with E-state index in [0.29, 0.717) is 12.5 Å². The quantitative estimate of drug-likeness (QED) is 0.660. The van der Waals surface area contributed by atoms with Gasteiger partial charge in [0.2, 0.25) is 5.91 Å². The van der Waals surface area contributed by atoms with Gasteiger partial charge in [0.15, 0.2) is 0 Å². The molecular weight excluding hydrogens is 162 g/mol. The molecule has 0 bridgehead atoms. The van der Waals surface area contributed by atoms with E-state index in [1.807, 2.05) is 6.08 Å². The molecule has 0 aliphatic heterocycles. The molecule has 0 heterocycles. The number of carbonyl (C=O) groups is 1. The van der Waals surface area contributed by atoms with Crippen LogP contribution in [0.5, 0.6) is 0 Å². The molecule has 72 valence electrons. The molecule has 1 aliphatic carbocycles. The van der Waals surface area contributed by atoms with Gasteiger partial charge >= 0.3 is 0 Å². The van der Waals surface area contributed by atoms with E-state index in [1.165, 1.54) is 19.8 Å². The Morgan fingerprint density at radius 1 is 1.62 bits per heavy atom. The minimum Gasteiger partial charge on any atom is -0.353 e. The number of amides is 1. The lowest BCUT2D eigenvalue weighted by Crippen LogP contribution is -2.19. The summed E-state index contributed by atoms with van der Waals surface area (Å²) in [6, 6.07) is 0. The zero-order valence-electron chi connectivity index (χ0n) is 8.12. The molecule has 0 aromatic heterocycles. The first-order valence-corrected chi connectivity index (χ1v) is 4.85. The van der Waals surface area contributed by atoms with E-state index in [0.717, 1.165) is 6.42 Å². The van der Waals surface area contributed by atoms with Gasteiger partial charge in [-0.2, -0.15) is 0 Å². The highest BCUT2D eigenvalue weighted by Crippen LogP contribution is 2.18. The van der Waals surface area contributed by atoms with Crippen LogP contribution in [-0.4, -0.2) is 12.5 Å². The van der Waals surface area contributed by atoms with Crippen LogP contribution < -0.4 is 5.32 Å². The predicted molar refractivity (Wildman–Crippen MR) is 54.3 cm³/mol. The van der Waals surface area contributed by atoms with Crippen LogP contribution in [0.4, 0.5) is 0 Å². The van der Waals surface area contributed by atoms with E-state index in [2.05, 4.69) is 23.5 Å². The zero-order valence-corrected chi connectivity index (χ0v) is 8.12. The number of allylic oxidation sites excluding steroid dienone is 3. The SMILES string of the molecule is CC(=O)NC/C=C/C1CC=CCC1. The van der Waals surface area contributed by atoms with E-state index in [4.69, 9.17) is 0 Å². The van der Waals surface area contributed by atoms with Crippen LogP contribution in [0.25, 0.3) is 0 Å². The predicted octanol–water partition coefficient (Wildman–Crippen LogP) is 2.04. The van der Waals surface area contributed by atoms with Crippen LogP contribution in [0.2, 0.25) is 0 Å². The smallest absolute Gasteiger partial charge is 0.217 e. The highest BCUT2D eigenvalue weighted by Gasteiger charge is 2.04. The molecule has 1 atom stereocenters. The Kier molecular flexibility index (Phi) is 4.30. The van der Waals surface area contributed by atoms with Gasteiger partial charge in [-0.05, 0) is 25.2 Å². The molecule has 13 heavy (non-hydrogen) atoms. The molecule has 0 radical (unpaired) electrons. The lowest BCUT2D eigenvalue weighted by Gasteiger charge is -2.12. The summed E-state index contributed by atoms with van der Waals surface area (Å²) in [5, 5.41) is 2.74. The molecular formula is C11H17NO. The van der Waals surface area contributed by atoms with E-state index in [9.17, 15) is 4.79 Å². The number of carbonyl (C=O) groups excluding carboxylic acids is 1. The fourth-order valence-electron chi connectivity index (χ4n) is 1.45. The molecule has 1 unspecified atom stereocenters. The van der Waals surface area contributed by atoms with Crippen molar-refractivity contribution in [1.29, 1.82) is 0 Å². The second-order valence-electron chi connectivity index (χ2n) is 3.41. The molecule has 0 fully saturated rings. The van der Waals surface area contributed by atoms with Gasteiger partial charge in [-0.3, -0.25) is 4.79 Å². The fourth-order valence-corrected chi connectivity index (χ4v) is 1.45. The Balaban J connectivity index is 2.15. The van der Waals surface area contributed by atoms with Crippen molar-refractivity contribution in [2.45, 2.75) is 26.2 Å². The van der Waals surface area contributed by atoms with Crippen molar-refractivity contribution in [3.05, 3.63) is 24.3 Å². The van der Waals surface area contributed by atoms with Crippen molar-refractivity contribution in [2.24, 2.45) is 5.92 Å². The summed E-state index contributed by atoms with van der Waals surface area (Å²) in [7, 11) is 0. The fraction of sp³-hybridized carbons (Fsp3) is 0.545. The molecule has 1 aliphatic rings. The van der Waals surface area contributed by atoms with Crippen molar-refractivity contribution >= 4 is 5.91 Å². The summed E-state index contributed by atoms with van der Waals surface area (Å²) in [5.41, 5.74) is 0. The average molecular weight is 179 g/mol. The lowest BCUT2D eigenvalue weighted by molar-refractivity contribution is -0.118. The van der Waals surface area contributed by atoms with Crippen molar-refractivity contribution < 1.29 is 4.79 Å². The molecule has 1 N–H and O–H groups in total. The first-order valence-electron chi connectivity index (χ1n) is 4.85. The van der Waals surface area contributed by atoms with Crippen LogP contribution in [0.1, 0.15) is 26.2 Å². The van der Waals surface area contributed by atoms with Gasteiger partial charge in [0.1, 0.15) is 0 Å². The first kappa shape index (κ1) is 10.0. The van der Waals surface area contributed by atoms with Gasteiger partial charge in [-0.1, -0.05) is 24.3 Å². The summed E-state index contributed by atoms with van der Waals surface area (Å²) in [5.74, 6) is 0.715. The Labute approximate surface area is 79.7 Å². The third-order valence-corrected chi connectivity index (χ3v) is 2.19. The van der Waals surface area contributed by atoms with Crippen LogP contribution in [0.3, 0.4) is 0 Å². The monoisotopic (exact) mass is 179 g/mol. The maximum atomic E-state index is 10.5. The summed E-state index contributed by atoms with van der Waals surface area (Å²) >= 11 is 0. The molecule has 0 aromatic rings. The summed E-state index contributed by atoms with van der Waals surface area (Å²) in [4.78, 5) is 10.5. The minimum absolute atomic E-state index is 0.0354. The van der Waals surface area contributed by atoms with Crippen LogP contribution >= 0.6 is 0 Å². The molecule has 0 aromatic carbocycles. The highest BCUT2D eigenvalue weighted by atomic mass is 16.1. The van der Waals surface area contributed by atoms with Crippen molar-refractivity contribution in [3.63, 3.8) is 0 Å². The number of hydrogen-bond acceptors (Lipinski definition) is 1. The highest BCUT2D eigenvalue weighted by molar-refractivity contribution is 5.72. The van der Waals surface area contributed by atoms with E-state index < -0.39 is 0 Å². The maximum Gasteiger partial charge on any atom is 0.217 e. The Morgan fingerprint density at radius 3 is 3.08 bits per heavy atom. The van der Waals surface area contributed by atoms with Gasteiger partial charge in [0.05, 0.1) is 0 Å². The minimum atomic E-state index is 0.0354. The number of nitrogens with one attached hydrogen (secondary N) is 1. The van der Waals surface area contributed by atoms with Crippen LogP contribution in [0.15, 0.2) is 24.3 Å². The van der Waals surface area contributed by atoms with E-state index in [-0.39, 0.29) is 5.91 Å². The first-order chi connectivity index (χ1) is 6.29. The van der Waals surface area contributed by atoms with Gasteiger partial charge in [-0.25, -0.2) is 0 Å². The molecule has 0 spiro atoms. The van der Waals surface area contributed by atoms with Crippen molar-refractivity contribution in [1.82, 2.24) is 5.32 Å². The maximum absolute atomic E-state index is 10.5. The summed E-state index contributed by atoms with van der Waals surface area (Å²) in [6.07, 6.45) is 12.3. The normalized spacial score (nSPS) is 22.1. The Morgan fingerprint density at radius 2 is 2.46 bits per heavy atom. The molecule has 0 saturated heterocycles. The molecule has 1 amide bonds. The number of hydrogen-bond donors (Lipinski definition) is 1. The van der Waals surface area contributed by atoms with Gasteiger partial charge < -0.3 is 5.32 Å². The third kappa shape index (κ3) is 4.51. The van der Waals surface area contributed by atoms with Crippen LogP contribution in [-0.2, 0) is 4.79 Å². The van der Waals surface area contributed by atoms with Crippen molar-refractivity contribution in [3.8, 4) is 0 Å². The van der Waals surface area contributed by atoms with Crippen LogP contribution in [0, 0.1) is 5.92 Å². The van der Waals surface area contributed by atoms with Crippen molar-refractivity contribution in [2.75, 3.05) is 6.54 Å². The van der Waals surface area contributed by atoms with E-state index >= 15 is 0 Å². The van der Waals surface area contributed by atoms with Gasteiger partial charge in [0.25, 0.3) is 0 Å². The lowest BCUT2D eigenvalue weighted by atomic mass is 9.94. The topological polar surface area (TPSA) is 29.1 Å². The largest absolute Gasteiger partial charge is 0.353 e. The number of rotatable bonds is 3. The summed E-state index contributed by atoms with van der Waals surface area (Å²) in [6.45, 7) is 2.20. The van der Waals surface area contributed by atoms with Gasteiger partial charge in [-0.15, -0.1) is 0 Å². The Bertz CT molecular complexity index is 218. The third-order valence-electron chi connectivity index (χ3n) is 2.19. The second-order valence-corrected chi connectivity index (χ2v) is 3.41. The average Bonchev–Trinajstić information content (AvgIpc) is 2.14. The molecule has 1 rings (SSSR count). The molecule has 2 nitrogen and oxygen atoms in total.